The molecule has 3 aromatic rings. The van der Waals surface area contributed by atoms with E-state index in [4.69, 9.17) is 9.72 Å². The van der Waals surface area contributed by atoms with E-state index in [0.717, 1.165) is 16.0 Å². The molecule has 0 unspecified atom stereocenters. The molecular formula is C19H24N4O2S. The lowest BCUT2D eigenvalue weighted by atomic mass is 9.95. The highest BCUT2D eigenvalue weighted by molar-refractivity contribution is 7.22. The second-order valence-corrected chi connectivity index (χ2v) is 8.02. The predicted molar refractivity (Wildman–Crippen MR) is 105 cm³/mol. The molecule has 3 rings (SSSR count). The second kappa shape index (κ2) is 7.45. The van der Waals surface area contributed by atoms with Crippen molar-refractivity contribution in [3.8, 4) is 5.75 Å². The lowest BCUT2D eigenvalue weighted by Crippen LogP contribution is -2.41. The van der Waals surface area contributed by atoms with Crippen LogP contribution in [0.1, 0.15) is 27.7 Å². The summed E-state index contributed by atoms with van der Waals surface area (Å²) >= 11 is 1.51. The van der Waals surface area contributed by atoms with Crippen molar-refractivity contribution < 1.29 is 9.53 Å². The van der Waals surface area contributed by atoms with Gasteiger partial charge < -0.3 is 4.74 Å². The lowest BCUT2D eigenvalue weighted by Gasteiger charge is -2.27. The van der Waals surface area contributed by atoms with Crippen molar-refractivity contribution in [1.82, 2.24) is 14.8 Å². The van der Waals surface area contributed by atoms with Gasteiger partial charge in [-0.3, -0.25) is 14.4 Å². The van der Waals surface area contributed by atoms with E-state index in [1.165, 1.54) is 11.3 Å². The van der Waals surface area contributed by atoms with Gasteiger partial charge in [0.15, 0.2) is 5.13 Å². The summed E-state index contributed by atoms with van der Waals surface area (Å²) in [4.78, 5) is 19.5. The Labute approximate surface area is 157 Å². The lowest BCUT2D eigenvalue weighted by molar-refractivity contribution is -0.125. The monoisotopic (exact) mass is 372 g/mol. The zero-order chi connectivity index (χ0) is 18.7. The van der Waals surface area contributed by atoms with Gasteiger partial charge in [-0.25, -0.2) is 4.98 Å². The number of aromatic nitrogens is 3. The van der Waals surface area contributed by atoms with Gasteiger partial charge in [0.1, 0.15) is 11.3 Å². The summed E-state index contributed by atoms with van der Waals surface area (Å²) in [6, 6.07) is 7.75. The molecule has 0 fully saturated rings. The summed E-state index contributed by atoms with van der Waals surface area (Å²) in [5.41, 5.74) is 0.310. The number of carbonyl (C=O) groups is 1. The maximum atomic E-state index is 13.0. The molecule has 2 aromatic heterocycles. The Balaban J connectivity index is 1.96. The van der Waals surface area contributed by atoms with E-state index in [1.807, 2.05) is 62.8 Å². The minimum atomic E-state index is -0.495. The summed E-state index contributed by atoms with van der Waals surface area (Å²) in [5, 5.41) is 4.92. The van der Waals surface area contributed by atoms with Crippen molar-refractivity contribution in [2.75, 3.05) is 18.1 Å². The fourth-order valence-electron chi connectivity index (χ4n) is 2.62. The number of hydrogen-bond acceptors (Lipinski definition) is 5. The summed E-state index contributed by atoms with van der Waals surface area (Å²) in [7, 11) is 0. The van der Waals surface area contributed by atoms with E-state index >= 15 is 0 Å². The molecule has 1 amide bonds. The summed E-state index contributed by atoms with van der Waals surface area (Å²) in [6.07, 6.45) is 3.63. The number of para-hydroxylation sites is 1. The number of ether oxygens (including phenoxy) is 1. The topological polar surface area (TPSA) is 60.2 Å². The van der Waals surface area contributed by atoms with Crippen LogP contribution in [-0.4, -0.2) is 33.8 Å². The molecule has 0 aliphatic rings. The SMILES string of the molecule is CCOc1cccc2sc(N(CCn3cccn3)C(=O)C(C)(C)C)nc12. The Kier molecular flexibility index (Phi) is 5.27. The Morgan fingerprint density at radius 3 is 2.77 bits per heavy atom. The fourth-order valence-corrected chi connectivity index (χ4v) is 3.63. The Morgan fingerprint density at radius 2 is 2.12 bits per heavy atom. The highest BCUT2D eigenvalue weighted by atomic mass is 32.1. The smallest absolute Gasteiger partial charge is 0.234 e. The van der Waals surface area contributed by atoms with Crippen LogP contribution in [0.3, 0.4) is 0 Å². The van der Waals surface area contributed by atoms with Crippen molar-refractivity contribution >= 4 is 32.6 Å². The van der Waals surface area contributed by atoms with Gasteiger partial charge in [0, 0.05) is 24.4 Å². The van der Waals surface area contributed by atoms with Gasteiger partial charge in [-0.2, -0.15) is 5.10 Å². The van der Waals surface area contributed by atoms with Crippen LogP contribution < -0.4 is 9.64 Å². The van der Waals surface area contributed by atoms with Crippen LogP contribution in [0.15, 0.2) is 36.7 Å². The molecule has 138 valence electrons. The van der Waals surface area contributed by atoms with Crippen molar-refractivity contribution in [2.45, 2.75) is 34.2 Å². The van der Waals surface area contributed by atoms with Crippen molar-refractivity contribution in [2.24, 2.45) is 5.41 Å². The number of amides is 1. The van der Waals surface area contributed by atoms with Gasteiger partial charge in [0.25, 0.3) is 0 Å². The average molecular weight is 372 g/mol. The third-order valence-corrected chi connectivity index (χ3v) is 4.94. The quantitative estimate of drug-likeness (QED) is 0.657. The van der Waals surface area contributed by atoms with Crippen LogP contribution in [0.2, 0.25) is 0 Å². The number of hydrogen-bond donors (Lipinski definition) is 0. The summed E-state index contributed by atoms with van der Waals surface area (Å²) in [6.45, 7) is 9.44. The molecule has 1 aromatic carbocycles. The van der Waals surface area contributed by atoms with E-state index in [9.17, 15) is 4.79 Å². The second-order valence-electron chi connectivity index (χ2n) is 7.01. The normalized spacial score (nSPS) is 11.7. The van der Waals surface area contributed by atoms with Gasteiger partial charge in [0.2, 0.25) is 5.91 Å². The van der Waals surface area contributed by atoms with E-state index in [0.29, 0.717) is 24.8 Å². The van der Waals surface area contributed by atoms with E-state index < -0.39 is 5.41 Å². The summed E-state index contributed by atoms with van der Waals surface area (Å²) in [5.74, 6) is 0.796. The summed E-state index contributed by atoms with van der Waals surface area (Å²) < 4.78 is 8.52. The highest BCUT2D eigenvalue weighted by Gasteiger charge is 2.30. The van der Waals surface area contributed by atoms with Crippen LogP contribution in [0.25, 0.3) is 10.2 Å². The van der Waals surface area contributed by atoms with E-state index in [-0.39, 0.29) is 5.91 Å². The van der Waals surface area contributed by atoms with Gasteiger partial charge >= 0.3 is 0 Å². The van der Waals surface area contributed by atoms with Gasteiger partial charge in [0.05, 0.1) is 17.9 Å². The molecule has 0 aliphatic carbocycles. The molecule has 0 saturated heterocycles. The van der Waals surface area contributed by atoms with Crippen molar-refractivity contribution in [3.63, 3.8) is 0 Å². The third-order valence-electron chi connectivity index (χ3n) is 3.90. The number of nitrogens with zero attached hydrogens (tertiary/aromatic N) is 4. The number of fused-ring (bicyclic) bond motifs is 1. The number of thiazole rings is 1. The molecule has 7 heteroatoms. The molecule has 0 spiro atoms. The molecule has 0 atom stereocenters. The molecule has 0 aliphatic heterocycles. The van der Waals surface area contributed by atoms with Crippen molar-refractivity contribution in [3.05, 3.63) is 36.7 Å². The molecule has 0 N–H and O–H groups in total. The Hall–Kier alpha value is -2.41. The minimum Gasteiger partial charge on any atom is -0.492 e. The number of anilines is 1. The van der Waals surface area contributed by atoms with Crippen LogP contribution >= 0.6 is 11.3 Å². The number of rotatable bonds is 6. The third kappa shape index (κ3) is 3.88. The van der Waals surface area contributed by atoms with E-state index in [2.05, 4.69) is 5.10 Å². The predicted octanol–water partition coefficient (Wildman–Crippen LogP) is 3.97. The first-order chi connectivity index (χ1) is 12.4. The number of benzene rings is 1. The first-order valence-corrected chi connectivity index (χ1v) is 9.53. The van der Waals surface area contributed by atoms with E-state index in [1.54, 1.807) is 11.1 Å². The van der Waals surface area contributed by atoms with Crippen LogP contribution in [0, 0.1) is 5.41 Å². The Morgan fingerprint density at radius 1 is 1.31 bits per heavy atom. The number of carbonyl (C=O) groups excluding carboxylic acids is 1. The molecule has 0 radical (unpaired) electrons. The first-order valence-electron chi connectivity index (χ1n) is 8.72. The molecule has 6 nitrogen and oxygen atoms in total. The largest absolute Gasteiger partial charge is 0.492 e. The molecule has 26 heavy (non-hydrogen) atoms. The zero-order valence-corrected chi connectivity index (χ0v) is 16.4. The maximum Gasteiger partial charge on any atom is 0.234 e. The fraction of sp³-hybridized carbons (Fsp3) is 0.421. The Bertz CT molecular complexity index is 881. The standard InChI is InChI=1S/C19H24N4O2S/c1-5-25-14-8-6-9-15-16(14)21-18(26-15)23(17(24)19(2,3)4)13-12-22-11-7-10-20-22/h6-11H,5,12-13H2,1-4H3. The first kappa shape index (κ1) is 18.4. The van der Waals surface area contributed by atoms with Crippen molar-refractivity contribution in [1.29, 1.82) is 0 Å². The maximum absolute atomic E-state index is 13.0. The van der Waals surface area contributed by atoms with Crippen LogP contribution in [-0.2, 0) is 11.3 Å². The minimum absolute atomic E-state index is 0.0432. The van der Waals surface area contributed by atoms with Crippen LogP contribution in [0.4, 0.5) is 5.13 Å². The van der Waals surface area contributed by atoms with Gasteiger partial charge in [-0.05, 0) is 25.1 Å². The van der Waals surface area contributed by atoms with Gasteiger partial charge in [-0.15, -0.1) is 0 Å². The van der Waals surface area contributed by atoms with Crippen LogP contribution in [0.5, 0.6) is 5.75 Å². The molecule has 0 saturated carbocycles. The molecular weight excluding hydrogens is 348 g/mol. The highest BCUT2D eigenvalue weighted by Crippen LogP contribution is 2.35. The van der Waals surface area contributed by atoms with Gasteiger partial charge in [-0.1, -0.05) is 38.2 Å². The molecule has 2 heterocycles. The average Bonchev–Trinajstić information content (AvgIpc) is 3.24. The molecule has 0 bridgehead atoms. The zero-order valence-electron chi connectivity index (χ0n) is 15.6.